The number of aryl methyl sites for hydroxylation is 1. The Kier molecular flexibility index (Phi) is 6.13. The average molecular weight is 491 g/mol. The van der Waals surface area contributed by atoms with Crippen LogP contribution in [0, 0.1) is 0 Å². The number of ether oxygens (including phenoxy) is 1. The van der Waals surface area contributed by atoms with Crippen LogP contribution in [0.2, 0.25) is 0 Å². The van der Waals surface area contributed by atoms with E-state index in [4.69, 9.17) is 9.15 Å². The molecule has 9 nitrogen and oxygen atoms in total. The van der Waals surface area contributed by atoms with Crippen LogP contribution in [0.15, 0.2) is 51.8 Å². The van der Waals surface area contributed by atoms with Crippen LogP contribution >= 0.6 is 0 Å². The fourth-order valence-electron chi connectivity index (χ4n) is 4.80. The van der Waals surface area contributed by atoms with E-state index in [1.54, 1.807) is 30.5 Å². The van der Waals surface area contributed by atoms with Crippen LogP contribution in [0.25, 0.3) is 21.9 Å². The molecule has 0 aliphatic heterocycles. The largest absolute Gasteiger partial charge is 0.508 e. The number of carboxylic acids is 1. The van der Waals surface area contributed by atoms with E-state index in [9.17, 15) is 24.6 Å². The van der Waals surface area contributed by atoms with Gasteiger partial charge in [-0.05, 0) is 74.1 Å². The molecule has 1 aliphatic rings. The third-order valence-corrected chi connectivity index (χ3v) is 6.67. The molecule has 36 heavy (non-hydrogen) atoms. The molecule has 2 aromatic carbocycles. The summed E-state index contributed by atoms with van der Waals surface area (Å²) in [7, 11) is 0. The molecular formula is C27H26N2O7. The molecule has 0 bridgehead atoms. The monoisotopic (exact) mass is 490 g/mol. The number of phenolic OH excluding ortho intramolecular Hbond substituents is 1. The molecule has 1 aliphatic carbocycles. The third kappa shape index (κ3) is 4.51. The molecule has 5 rings (SSSR count). The van der Waals surface area contributed by atoms with Crippen molar-refractivity contribution in [1.29, 1.82) is 0 Å². The highest BCUT2D eigenvalue weighted by Gasteiger charge is 2.26. The molecule has 0 fully saturated rings. The molecule has 9 heteroatoms. The number of amides is 1. The number of carbonyl (C=O) groups excluding carboxylic acids is 1. The van der Waals surface area contributed by atoms with Crippen molar-refractivity contribution < 1.29 is 29.0 Å². The van der Waals surface area contributed by atoms with E-state index >= 15 is 0 Å². The van der Waals surface area contributed by atoms with E-state index in [1.165, 1.54) is 13.0 Å². The predicted molar refractivity (Wildman–Crippen MR) is 132 cm³/mol. The van der Waals surface area contributed by atoms with Gasteiger partial charge in [0.15, 0.2) is 6.10 Å². The highest BCUT2D eigenvalue weighted by atomic mass is 16.5. The van der Waals surface area contributed by atoms with E-state index < -0.39 is 24.0 Å². The number of aromatic hydroxyl groups is 1. The van der Waals surface area contributed by atoms with Crippen molar-refractivity contribution in [2.75, 3.05) is 0 Å². The van der Waals surface area contributed by atoms with Gasteiger partial charge in [-0.2, -0.15) is 0 Å². The highest BCUT2D eigenvalue weighted by Crippen LogP contribution is 2.29. The normalized spacial score (nSPS) is 14.8. The van der Waals surface area contributed by atoms with Crippen LogP contribution in [-0.4, -0.2) is 39.2 Å². The zero-order valence-corrected chi connectivity index (χ0v) is 19.7. The topological polar surface area (TPSA) is 142 Å². The Morgan fingerprint density at radius 1 is 1.11 bits per heavy atom. The van der Waals surface area contributed by atoms with Crippen molar-refractivity contribution in [3.05, 3.63) is 69.7 Å². The number of carboxylic acid groups (broad SMARTS) is 1. The van der Waals surface area contributed by atoms with Gasteiger partial charge in [-0.15, -0.1) is 0 Å². The first-order valence-electron chi connectivity index (χ1n) is 11.9. The second-order valence-corrected chi connectivity index (χ2v) is 9.12. The molecular weight excluding hydrogens is 464 g/mol. The van der Waals surface area contributed by atoms with Gasteiger partial charge in [0.25, 0.3) is 5.91 Å². The van der Waals surface area contributed by atoms with Gasteiger partial charge < -0.3 is 29.7 Å². The molecule has 4 aromatic rings. The first-order valence-corrected chi connectivity index (χ1v) is 11.9. The van der Waals surface area contributed by atoms with Gasteiger partial charge in [0.2, 0.25) is 0 Å². The lowest BCUT2D eigenvalue weighted by molar-refractivity contribution is -0.142. The second kappa shape index (κ2) is 9.41. The van der Waals surface area contributed by atoms with Crippen LogP contribution in [0.4, 0.5) is 0 Å². The Labute approximate surface area is 205 Å². The number of rotatable bonds is 7. The number of aromatic nitrogens is 1. The molecule has 0 saturated heterocycles. The zero-order valence-electron chi connectivity index (χ0n) is 19.7. The van der Waals surface area contributed by atoms with Crippen molar-refractivity contribution in [1.82, 2.24) is 10.3 Å². The SMILES string of the molecule is C[C@@H](Oc1ccc2c3c(c(=O)oc2c1)CCCC3)C(=O)N[C@@H](Cc1c[nH]c2ccc(O)cc12)C(=O)O. The average Bonchev–Trinajstić information content (AvgIpc) is 3.25. The quantitative estimate of drug-likeness (QED) is 0.291. The maximum Gasteiger partial charge on any atom is 0.339 e. The standard InChI is InChI=1S/C27H26N2O7/c1-14(35-17-7-8-19-18-4-2-3-5-20(18)27(34)36-24(19)12-17)25(31)29-23(26(32)33)10-15-13-28-22-9-6-16(30)11-21(15)22/h6-9,11-14,23,28,30H,2-5,10H2,1H3,(H,29,31)(H,32,33)/t14-,23+/m1/s1. The Morgan fingerprint density at radius 3 is 2.67 bits per heavy atom. The second-order valence-electron chi connectivity index (χ2n) is 9.12. The van der Waals surface area contributed by atoms with Crippen molar-refractivity contribution in [2.45, 2.75) is 51.2 Å². The maximum absolute atomic E-state index is 12.8. The number of hydrogen-bond donors (Lipinski definition) is 4. The molecule has 2 atom stereocenters. The summed E-state index contributed by atoms with van der Waals surface area (Å²) in [5.74, 6) is -1.39. The Morgan fingerprint density at radius 2 is 1.89 bits per heavy atom. The van der Waals surface area contributed by atoms with Gasteiger partial charge >= 0.3 is 11.6 Å². The Hall–Kier alpha value is -4.27. The van der Waals surface area contributed by atoms with Crippen LogP contribution < -0.4 is 15.7 Å². The number of aliphatic carboxylic acids is 1. The molecule has 0 unspecified atom stereocenters. The van der Waals surface area contributed by atoms with Gasteiger partial charge in [-0.3, -0.25) is 4.79 Å². The number of fused-ring (bicyclic) bond motifs is 4. The Bertz CT molecular complexity index is 1530. The molecule has 186 valence electrons. The Balaban J connectivity index is 1.31. The summed E-state index contributed by atoms with van der Waals surface area (Å²) in [6.45, 7) is 1.52. The van der Waals surface area contributed by atoms with E-state index in [0.29, 0.717) is 28.7 Å². The van der Waals surface area contributed by atoms with Crippen LogP contribution in [0.1, 0.15) is 36.5 Å². The summed E-state index contributed by atoms with van der Waals surface area (Å²) in [5, 5.41) is 23.6. The zero-order chi connectivity index (χ0) is 25.4. The van der Waals surface area contributed by atoms with Gasteiger partial charge in [0.1, 0.15) is 23.1 Å². The smallest absolute Gasteiger partial charge is 0.339 e. The number of phenols is 1. The molecule has 0 radical (unpaired) electrons. The molecule has 1 amide bonds. The summed E-state index contributed by atoms with van der Waals surface area (Å²) in [6.07, 6.45) is 4.21. The fourth-order valence-corrected chi connectivity index (χ4v) is 4.80. The van der Waals surface area contributed by atoms with Crippen LogP contribution in [-0.2, 0) is 28.9 Å². The molecule has 0 spiro atoms. The molecule has 2 aromatic heterocycles. The first-order chi connectivity index (χ1) is 17.3. The van der Waals surface area contributed by atoms with E-state index in [1.807, 2.05) is 6.07 Å². The summed E-state index contributed by atoms with van der Waals surface area (Å²) in [6, 6.07) is 8.70. The van der Waals surface area contributed by atoms with Crippen molar-refractivity contribution >= 4 is 33.7 Å². The summed E-state index contributed by atoms with van der Waals surface area (Å²) in [5.41, 5.74) is 3.21. The van der Waals surface area contributed by atoms with E-state index in [-0.39, 0.29) is 17.8 Å². The van der Waals surface area contributed by atoms with Gasteiger partial charge in [-0.25, -0.2) is 9.59 Å². The highest BCUT2D eigenvalue weighted by molar-refractivity contribution is 5.89. The van der Waals surface area contributed by atoms with Crippen LogP contribution in [0.5, 0.6) is 11.5 Å². The number of nitrogens with one attached hydrogen (secondary N) is 2. The minimum absolute atomic E-state index is 0.0173. The van der Waals surface area contributed by atoms with Gasteiger partial charge in [0, 0.05) is 40.5 Å². The lowest BCUT2D eigenvalue weighted by Crippen LogP contribution is -2.47. The molecule has 2 heterocycles. The summed E-state index contributed by atoms with van der Waals surface area (Å²) < 4.78 is 11.3. The minimum Gasteiger partial charge on any atom is -0.508 e. The molecule has 0 saturated carbocycles. The van der Waals surface area contributed by atoms with Crippen molar-refractivity contribution in [3.8, 4) is 11.5 Å². The molecule has 4 N–H and O–H groups in total. The first kappa shape index (κ1) is 23.5. The number of aromatic amines is 1. The lowest BCUT2D eigenvalue weighted by Gasteiger charge is -2.20. The summed E-state index contributed by atoms with van der Waals surface area (Å²) >= 11 is 0. The van der Waals surface area contributed by atoms with Crippen molar-refractivity contribution in [3.63, 3.8) is 0 Å². The van der Waals surface area contributed by atoms with Crippen LogP contribution in [0.3, 0.4) is 0 Å². The number of benzene rings is 2. The third-order valence-electron chi connectivity index (χ3n) is 6.67. The van der Waals surface area contributed by atoms with E-state index in [0.717, 1.165) is 41.3 Å². The maximum atomic E-state index is 12.8. The summed E-state index contributed by atoms with van der Waals surface area (Å²) in [4.78, 5) is 40.1. The number of carbonyl (C=O) groups is 2. The number of H-pyrrole nitrogens is 1. The fraction of sp³-hybridized carbons (Fsp3) is 0.296. The number of hydrogen-bond acceptors (Lipinski definition) is 6. The van der Waals surface area contributed by atoms with Gasteiger partial charge in [-0.1, -0.05) is 0 Å². The van der Waals surface area contributed by atoms with E-state index in [2.05, 4.69) is 10.3 Å². The predicted octanol–water partition coefficient (Wildman–Crippen LogP) is 3.44. The lowest BCUT2D eigenvalue weighted by atomic mass is 9.91. The van der Waals surface area contributed by atoms with Gasteiger partial charge in [0.05, 0.1) is 0 Å². The minimum atomic E-state index is -1.20. The van der Waals surface area contributed by atoms with Crippen molar-refractivity contribution in [2.24, 2.45) is 0 Å².